The van der Waals surface area contributed by atoms with Gasteiger partial charge in [-0.05, 0) is 56.7 Å². The van der Waals surface area contributed by atoms with Gasteiger partial charge < -0.3 is 15.2 Å². The molecule has 24 heavy (non-hydrogen) atoms. The summed E-state index contributed by atoms with van der Waals surface area (Å²) < 4.78 is 0. The summed E-state index contributed by atoms with van der Waals surface area (Å²) in [6.07, 6.45) is 5.37. The number of amides is 1. The third kappa shape index (κ3) is 2.22. The number of piperidine rings is 3. The predicted octanol–water partition coefficient (Wildman–Crippen LogP) is 1.30. The van der Waals surface area contributed by atoms with Gasteiger partial charge in [0.15, 0.2) is 0 Å². The Hall–Kier alpha value is -1.73. The van der Waals surface area contributed by atoms with Gasteiger partial charge in [-0.2, -0.15) is 0 Å². The number of rotatable bonds is 2. The van der Waals surface area contributed by atoms with E-state index in [4.69, 9.17) is 0 Å². The molecule has 7 heteroatoms. The van der Waals surface area contributed by atoms with Crippen LogP contribution in [0, 0.1) is 5.92 Å². The highest BCUT2D eigenvalue weighted by molar-refractivity contribution is 7.18. The minimum Gasteiger partial charge on any atom is -0.345 e. The zero-order valence-electron chi connectivity index (χ0n) is 13.4. The number of carbonyl (C=O) groups excluding carboxylic acids is 1. The largest absolute Gasteiger partial charge is 0.345 e. The molecule has 0 saturated carbocycles. The van der Waals surface area contributed by atoms with Crippen LogP contribution in [0.3, 0.4) is 0 Å². The highest BCUT2D eigenvalue weighted by atomic mass is 32.1. The Morgan fingerprint density at radius 3 is 2.88 bits per heavy atom. The number of hydrogen-bond donors (Lipinski definition) is 2. The second-order valence-electron chi connectivity index (χ2n) is 7.17. The van der Waals surface area contributed by atoms with E-state index in [-0.39, 0.29) is 23.3 Å². The van der Waals surface area contributed by atoms with Gasteiger partial charge in [0.1, 0.15) is 4.83 Å². The van der Waals surface area contributed by atoms with Crippen LogP contribution in [-0.2, 0) is 12.8 Å². The molecule has 6 rings (SSSR count). The molecule has 3 aliphatic heterocycles. The third-order valence-corrected chi connectivity index (χ3v) is 6.95. The quantitative estimate of drug-likeness (QED) is 0.861. The molecule has 1 amide bonds. The lowest BCUT2D eigenvalue weighted by atomic mass is 9.84. The van der Waals surface area contributed by atoms with Crippen LogP contribution in [0.15, 0.2) is 4.79 Å². The maximum Gasteiger partial charge on any atom is 0.287 e. The Kier molecular flexibility index (Phi) is 3.28. The molecule has 2 aromatic rings. The summed E-state index contributed by atoms with van der Waals surface area (Å²) in [6, 6.07) is 0.175. The number of aromatic nitrogens is 2. The molecular weight excluding hydrogens is 324 g/mol. The van der Waals surface area contributed by atoms with Crippen molar-refractivity contribution >= 4 is 27.5 Å². The Morgan fingerprint density at radius 2 is 2.12 bits per heavy atom. The van der Waals surface area contributed by atoms with Gasteiger partial charge in [0, 0.05) is 17.5 Å². The van der Waals surface area contributed by atoms with Crippen molar-refractivity contribution in [3.63, 3.8) is 0 Å². The lowest BCUT2D eigenvalue weighted by Crippen LogP contribution is -2.57. The number of fused-ring (bicyclic) bond motifs is 6. The van der Waals surface area contributed by atoms with Gasteiger partial charge in [0.05, 0.1) is 5.39 Å². The number of nitrogens with one attached hydrogen (secondary N) is 2. The molecule has 0 spiro atoms. The summed E-state index contributed by atoms with van der Waals surface area (Å²) in [5.74, 6) is 0.463. The standard InChI is InChI=1S/C17H20N4O2S/c22-15-13-10-2-1-3-12(10)24-17(13)20-14(19-15)16(23)18-11-8-21-6-4-9(11)5-7-21/h9,11H,1-8H2,(H,18,23)(H,19,20,22). The second-order valence-corrected chi connectivity index (χ2v) is 8.25. The molecule has 4 aliphatic rings. The summed E-state index contributed by atoms with van der Waals surface area (Å²) in [7, 11) is 0. The van der Waals surface area contributed by atoms with Crippen LogP contribution in [0.1, 0.15) is 40.3 Å². The topological polar surface area (TPSA) is 78.1 Å². The van der Waals surface area contributed by atoms with Gasteiger partial charge in [0.25, 0.3) is 11.5 Å². The van der Waals surface area contributed by atoms with E-state index in [1.54, 1.807) is 11.3 Å². The fraction of sp³-hybridized carbons (Fsp3) is 0.588. The molecular formula is C17H20N4O2S. The monoisotopic (exact) mass is 344 g/mol. The van der Waals surface area contributed by atoms with E-state index in [1.807, 2.05) is 0 Å². The van der Waals surface area contributed by atoms with E-state index in [2.05, 4.69) is 20.2 Å². The minimum absolute atomic E-state index is 0.156. The number of H-pyrrole nitrogens is 1. The van der Waals surface area contributed by atoms with Crippen LogP contribution in [0.2, 0.25) is 0 Å². The number of aromatic amines is 1. The normalized spacial score (nSPS) is 28.2. The van der Waals surface area contributed by atoms with Crippen molar-refractivity contribution in [2.75, 3.05) is 19.6 Å². The maximum absolute atomic E-state index is 12.6. The smallest absolute Gasteiger partial charge is 0.287 e. The molecule has 3 saturated heterocycles. The highest BCUT2D eigenvalue weighted by Crippen LogP contribution is 2.34. The fourth-order valence-corrected chi connectivity index (χ4v) is 5.74. The summed E-state index contributed by atoms with van der Waals surface area (Å²) in [6.45, 7) is 3.19. The summed E-state index contributed by atoms with van der Waals surface area (Å²) in [5, 5.41) is 3.80. The van der Waals surface area contributed by atoms with Gasteiger partial charge in [-0.1, -0.05) is 0 Å². The van der Waals surface area contributed by atoms with Crippen LogP contribution in [0.4, 0.5) is 0 Å². The summed E-state index contributed by atoms with van der Waals surface area (Å²) in [5.41, 5.74) is 0.978. The Labute approximate surface area is 143 Å². The average molecular weight is 344 g/mol. The summed E-state index contributed by atoms with van der Waals surface area (Å²) >= 11 is 1.57. The molecule has 6 nitrogen and oxygen atoms in total. The van der Waals surface area contributed by atoms with Crippen LogP contribution in [0.5, 0.6) is 0 Å². The van der Waals surface area contributed by atoms with Crippen molar-refractivity contribution in [2.45, 2.75) is 38.1 Å². The first kappa shape index (κ1) is 14.6. The van der Waals surface area contributed by atoms with Crippen molar-refractivity contribution in [1.29, 1.82) is 0 Å². The number of hydrogen-bond acceptors (Lipinski definition) is 5. The first-order chi connectivity index (χ1) is 11.7. The summed E-state index contributed by atoms with van der Waals surface area (Å²) in [4.78, 5) is 36.6. The van der Waals surface area contributed by atoms with Crippen molar-refractivity contribution in [1.82, 2.24) is 20.2 Å². The van der Waals surface area contributed by atoms with E-state index >= 15 is 0 Å². The van der Waals surface area contributed by atoms with E-state index in [1.165, 1.54) is 4.88 Å². The maximum atomic E-state index is 12.6. The van der Waals surface area contributed by atoms with Crippen LogP contribution in [-0.4, -0.2) is 46.5 Å². The van der Waals surface area contributed by atoms with Crippen molar-refractivity contribution in [3.8, 4) is 0 Å². The molecule has 0 radical (unpaired) electrons. The number of aryl methyl sites for hydroxylation is 2. The Morgan fingerprint density at radius 1 is 1.29 bits per heavy atom. The van der Waals surface area contributed by atoms with E-state index < -0.39 is 0 Å². The zero-order valence-corrected chi connectivity index (χ0v) is 14.2. The fourth-order valence-electron chi connectivity index (χ4n) is 4.48. The first-order valence-corrected chi connectivity index (χ1v) is 9.58. The molecule has 5 heterocycles. The second kappa shape index (κ2) is 5.39. The van der Waals surface area contributed by atoms with E-state index in [0.717, 1.165) is 57.3 Å². The number of nitrogens with zero attached hydrogens (tertiary/aromatic N) is 2. The lowest BCUT2D eigenvalue weighted by molar-refractivity contribution is 0.0615. The molecule has 0 aromatic carbocycles. The molecule has 126 valence electrons. The molecule has 1 unspecified atom stereocenters. The van der Waals surface area contributed by atoms with E-state index in [9.17, 15) is 9.59 Å². The molecule has 2 bridgehead atoms. The van der Waals surface area contributed by atoms with Gasteiger partial charge in [-0.3, -0.25) is 9.59 Å². The molecule has 2 aromatic heterocycles. The highest BCUT2D eigenvalue weighted by Gasteiger charge is 2.35. The number of thiophene rings is 1. The number of carbonyl (C=O) groups is 1. The predicted molar refractivity (Wildman–Crippen MR) is 92.7 cm³/mol. The molecule has 3 fully saturated rings. The van der Waals surface area contributed by atoms with Crippen molar-refractivity contribution < 1.29 is 4.79 Å². The van der Waals surface area contributed by atoms with Gasteiger partial charge in [0.2, 0.25) is 5.82 Å². The van der Waals surface area contributed by atoms with Crippen molar-refractivity contribution in [3.05, 3.63) is 26.6 Å². The zero-order chi connectivity index (χ0) is 16.3. The van der Waals surface area contributed by atoms with Gasteiger partial charge in [-0.25, -0.2) is 4.98 Å². The van der Waals surface area contributed by atoms with Gasteiger partial charge >= 0.3 is 0 Å². The van der Waals surface area contributed by atoms with Crippen LogP contribution >= 0.6 is 11.3 Å². The first-order valence-electron chi connectivity index (χ1n) is 8.77. The third-order valence-electron chi connectivity index (χ3n) is 5.76. The van der Waals surface area contributed by atoms with E-state index in [0.29, 0.717) is 16.1 Å². The van der Waals surface area contributed by atoms with Crippen molar-refractivity contribution in [2.24, 2.45) is 5.92 Å². The lowest BCUT2D eigenvalue weighted by Gasteiger charge is -2.44. The Balaban J connectivity index is 1.44. The Bertz CT molecular complexity index is 879. The van der Waals surface area contributed by atoms with Crippen LogP contribution < -0.4 is 10.9 Å². The molecule has 1 atom stereocenters. The SMILES string of the molecule is O=C(NC1CN2CCC1CC2)c1nc2sc3c(c2c(=O)[nH]1)CCC3. The average Bonchev–Trinajstić information content (AvgIpc) is 3.16. The van der Waals surface area contributed by atoms with Crippen LogP contribution in [0.25, 0.3) is 10.2 Å². The molecule has 2 N–H and O–H groups in total. The van der Waals surface area contributed by atoms with Gasteiger partial charge in [-0.15, -0.1) is 11.3 Å². The minimum atomic E-state index is -0.249. The molecule has 1 aliphatic carbocycles.